The van der Waals surface area contributed by atoms with Gasteiger partial charge in [0.2, 0.25) is 0 Å². The Kier molecular flexibility index (Phi) is 4.60. The molecule has 0 spiro atoms. The maximum Gasteiger partial charge on any atom is 0.305 e. The summed E-state index contributed by atoms with van der Waals surface area (Å²) in [6.45, 7) is 0. The molecule has 1 amide bonds. The summed E-state index contributed by atoms with van der Waals surface area (Å²) in [5, 5.41) is 3.02. The van der Waals surface area contributed by atoms with Gasteiger partial charge in [0, 0.05) is 18.7 Å². The van der Waals surface area contributed by atoms with Crippen molar-refractivity contribution in [1.29, 1.82) is 0 Å². The molecule has 0 unspecified atom stereocenters. The van der Waals surface area contributed by atoms with Crippen molar-refractivity contribution < 1.29 is 14.3 Å². The number of methoxy groups -OCH3 is 1. The highest BCUT2D eigenvalue weighted by Crippen LogP contribution is 2.27. The third kappa shape index (κ3) is 3.84. The number of carbonyl (C=O) groups is 2. The first kappa shape index (κ1) is 13.6. The molecule has 2 rings (SSSR count). The van der Waals surface area contributed by atoms with Crippen LogP contribution >= 0.6 is 0 Å². The minimum atomic E-state index is -0.140. The highest BCUT2D eigenvalue weighted by atomic mass is 16.5. The first-order chi connectivity index (χ1) is 9.19. The van der Waals surface area contributed by atoms with Crippen molar-refractivity contribution >= 4 is 11.9 Å². The normalized spacial score (nSPS) is 22.8. The van der Waals surface area contributed by atoms with Crippen LogP contribution < -0.4 is 5.32 Å². The number of amides is 1. The van der Waals surface area contributed by atoms with Gasteiger partial charge in [-0.05, 0) is 43.7 Å². The van der Waals surface area contributed by atoms with Gasteiger partial charge in [-0.2, -0.15) is 0 Å². The molecular weight excluding hydrogens is 244 g/mol. The number of rotatable bonds is 4. The number of esters is 1. The minimum absolute atomic E-state index is 0.0542. The Hall–Kier alpha value is -1.78. The van der Waals surface area contributed by atoms with Crippen LogP contribution in [0.1, 0.15) is 42.6 Å². The highest BCUT2D eigenvalue weighted by Gasteiger charge is 2.24. The van der Waals surface area contributed by atoms with Gasteiger partial charge in [-0.15, -0.1) is 0 Å². The van der Waals surface area contributed by atoms with Gasteiger partial charge in [0.05, 0.1) is 7.11 Å². The fraction of sp³-hybridized carbons (Fsp3) is 0.571. The van der Waals surface area contributed by atoms with Gasteiger partial charge in [-0.1, -0.05) is 0 Å². The van der Waals surface area contributed by atoms with Gasteiger partial charge in [0.1, 0.15) is 5.69 Å². The van der Waals surface area contributed by atoms with E-state index in [2.05, 4.69) is 15.0 Å². The largest absolute Gasteiger partial charge is 0.469 e. The second-order valence-electron chi connectivity index (χ2n) is 5.06. The van der Waals surface area contributed by atoms with Crippen LogP contribution in [-0.4, -0.2) is 30.0 Å². The maximum atomic E-state index is 11.9. The number of nitrogens with one attached hydrogen (secondary N) is 2. The summed E-state index contributed by atoms with van der Waals surface area (Å²) in [7, 11) is 1.42. The van der Waals surface area contributed by atoms with Gasteiger partial charge >= 0.3 is 5.97 Å². The fourth-order valence-electron chi connectivity index (χ4n) is 2.56. The number of hydrogen-bond donors (Lipinski definition) is 2. The minimum Gasteiger partial charge on any atom is -0.469 e. The summed E-state index contributed by atoms with van der Waals surface area (Å²) in [6, 6.07) is 3.78. The fourth-order valence-corrected chi connectivity index (χ4v) is 2.56. The predicted molar refractivity (Wildman–Crippen MR) is 70.6 cm³/mol. The molecule has 19 heavy (non-hydrogen) atoms. The molecule has 2 N–H and O–H groups in total. The molecule has 5 nitrogen and oxygen atoms in total. The van der Waals surface area contributed by atoms with Crippen LogP contribution in [0, 0.1) is 5.92 Å². The number of aromatic amines is 1. The first-order valence-corrected chi connectivity index (χ1v) is 6.70. The molecule has 0 saturated heterocycles. The molecule has 1 aromatic heterocycles. The Morgan fingerprint density at radius 1 is 1.37 bits per heavy atom. The van der Waals surface area contributed by atoms with Crippen molar-refractivity contribution in [3.8, 4) is 0 Å². The van der Waals surface area contributed by atoms with Crippen LogP contribution in [0.4, 0.5) is 0 Å². The van der Waals surface area contributed by atoms with Gasteiger partial charge in [-0.3, -0.25) is 9.59 Å². The molecular formula is C14H20N2O3. The molecule has 1 fully saturated rings. The van der Waals surface area contributed by atoms with Gasteiger partial charge < -0.3 is 15.0 Å². The standard InChI is InChI=1S/C14H20N2O3/c1-19-13(17)9-10-4-6-11(7-5-10)16-14(18)12-3-2-8-15-12/h2-3,8,10-11,15H,4-7,9H2,1H3,(H,16,18). The number of ether oxygens (including phenoxy) is 1. The molecule has 104 valence electrons. The first-order valence-electron chi connectivity index (χ1n) is 6.70. The van der Waals surface area contributed by atoms with Crippen LogP contribution in [0.25, 0.3) is 0 Å². The van der Waals surface area contributed by atoms with E-state index in [-0.39, 0.29) is 17.9 Å². The lowest BCUT2D eigenvalue weighted by molar-refractivity contribution is -0.142. The van der Waals surface area contributed by atoms with E-state index in [1.807, 2.05) is 6.07 Å². The summed E-state index contributed by atoms with van der Waals surface area (Å²) < 4.78 is 4.68. The topological polar surface area (TPSA) is 71.2 Å². The van der Waals surface area contributed by atoms with E-state index in [1.165, 1.54) is 7.11 Å². The van der Waals surface area contributed by atoms with Crippen molar-refractivity contribution in [2.75, 3.05) is 7.11 Å². The average Bonchev–Trinajstić information content (AvgIpc) is 2.95. The van der Waals surface area contributed by atoms with Crippen molar-refractivity contribution in [2.24, 2.45) is 5.92 Å². The number of hydrogen-bond acceptors (Lipinski definition) is 3. The molecule has 0 radical (unpaired) electrons. The lowest BCUT2D eigenvalue weighted by Crippen LogP contribution is -2.38. The highest BCUT2D eigenvalue weighted by molar-refractivity contribution is 5.92. The Balaban J connectivity index is 1.74. The number of H-pyrrole nitrogens is 1. The van der Waals surface area contributed by atoms with Gasteiger partial charge in [0.25, 0.3) is 5.91 Å². The summed E-state index contributed by atoms with van der Waals surface area (Å²) in [6.07, 6.45) is 6.01. The molecule has 1 heterocycles. The molecule has 1 saturated carbocycles. The van der Waals surface area contributed by atoms with Crippen molar-refractivity contribution in [1.82, 2.24) is 10.3 Å². The third-order valence-corrected chi connectivity index (χ3v) is 3.71. The Labute approximate surface area is 112 Å². The second-order valence-corrected chi connectivity index (χ2v) is 5.06. The zero-order valence-electron chi connectivity index (χ0n) is 11.1. The molecule has 1 aliphatic rings. The summed E-state index contributed by atoms with van der Waals surface area (Å²) in [4.78, 5) is 26.0. The summed E-state index contributed by atoms with van der Waals surface area (Å²) in [5.74, 6) is 0.200. The molecule has 5 heteroatoms. The van der Waals surface area contributed by atoms with Gasteiger partial charge in [-0.25, -0.2) is 0 Å². The summed E-state index contributed by atoms with van der Waals surface area (Å²) >= 11 is 0. The zero-order chi connectivity index (χ0) is 13.7. The quantitative estimate of drug-likeness (QED) is 0.815. The summed E-state index contributed by atoms with van der Waals surface area (Å²) in [5.41, 5.74) is 0.594. The molecule has 0 atom stereocenters. The zero-order valence-corrected chi connectivity index (χ0v) is 11.1. The molecule has 1 aliphatic carbocycles. The van der Waals surface area contributed by atoms with E-state index in [4.69, 9.17) is 0 Å². The molecule has 0 aliphatic heterocycles. The van der Waals surface area contributed by atoms with E-state index < -0.39 is 0 Å². The van der Waals surface area contributed by atoms with E-state index >= 15 is 0 Å². The maximum absolute atomic E-state index is 11.9. The van der Waals surface area contributed by atoms with Crippen molar-refractivity contribution in [3.05, 3.63) is 24.0 Å². The number of aromatic nitrogens is 1. The van der Waals surface area contributed by atoms with E-state index in [1.54, 1.807) is 12.3 Å². The monoisotopic (exact) mass is 264 g/mol. The Morgan fingerprint density at radius 3 is 2.68 bits per heavy atom. The SMILES string of the molecule is COC(=O)CC1CCC(NC(=O)c2ccc[nH]2)CC1. The molecule has 1 aromatic rings. The smallest absolute Gasteiger partial charge is 0.305 e. The predicted octanol–water partition coefficient (Wildman–Crippen LogP) is 1.87. The lowest BCUT2D eigenvalue weighted by atomic mass is 9.84. The van der Waals surface area contributed by atoms with Crippen LogP contribution in [0.3, 0.4) is 0 Å². The third-order valence-electron chi connectivity index (χ3n) is 3.71. The van der Waals surface area contributed by atoms with Crippen LogP contribution in [0.2, 0.25) is 0 Å². The van der Waals surface area contributed by atoms with Crippen molar-refractivity contribution in [2.45, 2.75) is 38.1 Å². The van der Waals surface area contributed by atoms with Crippen LogP contribution in [0.5, 0.6) is 0 Å². The van der Waals surface area contributed by atoms with E-state index in [0.29, 0.717) is 18.0 Å². The average molecular weight is 264 g/mol. The van der Waals surface area contributed by atoms with Crippen molar-refractivity contribution in [3.63, 3.8) is 0 Å². The molecule has 0 bridgehead atoms. The van der Waals surface area contributed by atoms with E-state index in [0.717, 1.165) is 25.7 Å². The Bertz CT molecular complexity index is 420. The second kappa shape index (κ2) is 6.41. The molecule has 0 aromatic carbocycles. The number of carbonyl (C=O) groups excluding carboxylic acids is 2. The van der Waals surface area contributed by atoms with Crippen LogP contribution in [0.15, 0.2) is 18.3 Å². The van der Waals surface area contributed by atoms with Crippen LogP contribution in [-0.2, 0) is 9.53 Å². The van der Waals surface area contributed by atoms with Gasteiger partial charge in [0.15, 0.2) is 0 Å². The van der Waals surface area contributed by atoms with E-state index in [9.17, 15) is 9.59 Å². The Morgan fingerprint density at radius 2 is 2.11 bits per heavy atom. The lowest BCUT2D eigenvalue weighted by Gasteiger charge is -2.28.